The summed E-state index contributed by atoms with van der Waals surface area (Å²) in [5.74, 6) is 0.00193. The highest BCUT2D eigenvalue weighted by Crippen LogP contribution is 2.33. The average molecular weight is 341 g/mol. The fourth-order valence-electron chi connectivity index (χ4n) is 3.61. The van der Waals surface area contributed by atoms with Gasteiger partial charge in [-0.25, -0.2) is 0 Å². The van der Waals surface area contributed by atoms with Gasteiger partial charge in [-0.2, -0.15) is 5.10 Å². The van der Waals surface area contributed by atoms with Gasteiger partial charge in [0.25, 0.3) is 0 Å². The Morgan fingerprint density at radius 2 is 2.28 bits per heavy atom. The van der Waals surface area contributed by atoms with Crippen LogP contribution in [0.25, 0.3) is 0 Å². The third kappa shape index (κ3) is 4.45. The standard InChI is InChI=1S/C19H27N5O/c1-13(2)24-8-4-5-18(24)17-10-15(9-14(3)22-17)6-7-19(25)23-16-11-20-21-12-16/h9-13,18H,4-8H2,1-3H3,(H,20,21)(H,23,25). The SMILES string of the molecule is Cc1cc(CCC(=O)Nc2cn[nH]c2)cc(C2CCCN2C(C)C)n1. The topological polar surface area (TPSA) is 73.9 Å². The molecule has 0 spiro atoms. The molecule has 6 nitrogen and oxygen atoms in total. The second kappa shape index (κ2) is 7.78. The van der Waals surface area contributed by atoms with Crippen LogP contribution in [-0.4, -0.2) is 38.6 Å². The molecule has 0 aliphatic carbocycles. The Morgan fingerprint density at radius 1 is 1.44 bits per heavy atom. The van der Waals surface area contributed by atoms with Crippen LogP contribution in [0, 0.1) is 6.92 Å². The molecule has 2 aromatic heterocycles. The lowest BCUT2D eigenvalue weighted by atomic mass is 10.0. The average Bonchev–Trinajstić information content (AvgIpc) is 3.23. The number of H-pyrrole nitrogens is 1. The highest BCUT2D eigenvalue weighted by Gasteiger charge is 2.29. The van der Waals surface area contributed by atoms with Crippen molar-refractivity contribution in [2.75, 3.05) is 11.9 Å². The molecule has 3 rings (SSSR count). The van der Waals surface area contributed by atoms with E-state index >= 15 is 0 Å². The number of hydrogen-bond acceptors (Lipinski definition) is 4. The lowest BCUT2D eigenvalue weighted by Crippen LogP contribution is -2.30. The van der Waals surface area contributed by atoms with E-state index in [0.717, 1.165) is 24.4 Å². The van der Waals surface area contributed by atoms with Crippen molar-refractivity contribution in [2.45, 2.75) is 58.5 Å². The molecule has 3 heterocycles. The maximum Gasteiger partial charge on any atom is 0.224 e. The molecule has 0 saturated carbocycles. The number of carbonyl (C=O) groups is 1. The zero-order chi connectivity index (χ0) is 17.8. The first-order valence-electron chi connectivity index (χ1n) is 9.05. The normalized spacial score (nSPS) is 18.0. The van der Waals surface area contributed by atoms with Crippen molar-refractivity contribution in [3.63, 3.8) is 0 Å². The predicted octanol–water partition coefficient (Wildman–Crippen LogP) is 3.23. The minimum absolute atomic E-state index is 0.00193. The zero-order valence-corrected chi connectivity index (χ0v) is 15.2. The number of aromatic amines is 1. The second-order valence-corrected chi connectivity index (χ2v) is 7.07. The largest absolute Gasteiger partial charge is 0.323 e. The van der Waals surface area contributed by atoms with E-state index < -0.39 is 0 Å². The second-order valence-electron chi connectivity index (χ2n) is 7.07. The summed E-state index contributed by atoms with van der Waals surface area (Å²) in [7, 11) is 0. The number of likely N-dealkylation sites (tertiary alicyclic amines) is 1. The Hall–Kier alpha value is -2.21. The van der Waals surface area contributed by atoms with Gasteiger partial charge in [-0.3, -0.25) is 19.8 Å². The lowest BCUT2D eigenvalue weighted by molar-refractivity contribution is -0.116. The van der Waals surface area contributed by atoms with E-state index in [9.17, 15) is 4.79 Å². The first kappa shape index (κ1) is 17.6. The third-order valence-electron chi connectivity index (χ3n) is 4.75. The monoisotopic (exact) mass is 341 g/mol. The molecule has 1 amide bonds. The minimum Gasteiger partial charge on any atom is -0.323 e. The number of hydrogen-bond donors (Lipinski definition) is 2. The van der Waals surface area contributed by atoms with E-state index in [1.807, 2.05) is 6.92 Å². The van der Waals surface area contributed by atoms with Gasteiger partial charge in [0.2, 0.25) is 5.91 Å². The Bertz CT molecular complexity index is 711. The van der Waals surface area contributed by atoms with Crippen LogP contribution in [0.5, 0.6) is 0 Å². The molecule has 1 atom stereocenters. The summed E-state index contributed by atoms with van der Waals surface area (Å²) in [6.07, 6.45) is 6.83. The van der Waals surface area contributed by atoms with Crippen LogP contribution in [-0.2, 0) is 11.2 Å². The number of nitrogens with one attached hydrogen (secondary N) is 2. The van der Waals surface area contributed by atoms with Gasteiger partial charge < -0.3 is 5.32 Å². The Kier molecular flexibility index (Phi) is 5.48. The molecule has 2 aromatic rings. The van der Waals surface area contributed by atoms with Gasteiger partial charge in [-0.05, 0) is 64.3 Å². The predicted molar refractivity (Wildman–Crippen MR) is 98.3 cm³/mol. The summed E-state index contributed by atoms with van der Waals surface area (Å²) in [4.78, 5) is 19.4. The number of aromatic nitrogens is 3. The Balaban J connectivity index is 1.66. The summed E-state index contributed by atoms with van der Waals surface area (Å²) in [5.41, 5.74) is 4.06. The van der Waals surface area contributed by atoms with Crippen LogP contribution >= 0.6 is 0 Å². The molecule has 1 saturated heterocycles. The molecule has 1 aliphatic rings. The van der Waals surface area contributed by atoms with E-state index in [4.69, 9.17) is 4.98 Å². The van der Waals surface area contributed by atoms with E-state index in [2.05, 4.69) is 46.4 Å². The van der Waals surface area contributed by atoms with Crippen LogP contribution in [0.3, 0.4) is 0 Å². The number of nitrogens with zero attached hydrogens (tertiary/aromatic N) is 3. The Labute approximate surface area is 149 Å². The highest BCUT2D eigenvalue weighted by atomic mass is 16.1. The van der Waals surface area contributed by atoms with Gasteiger partial charge in [0.05, 0.1) is 23.6 Å². The zero-order valence-electron chi connectivity index (χ0n) is 15.2. The van der Waals surface area contributed by atoms with Crippen molar-refractivity contribution < 1.29 is 4.79 Å². The fraction of sp³-hybridized carbons (Fsp3) is 0.526. The smallest absolute Gasteiger partial charge is 0.224 e. The summed E-state index contributed by atoms with van der Waals surface area (Å²) >= 11 is 0. The molecule has 1 fully saturated rings. The summed E-state index contributed by atoms with van der Waals surface area (Å²) in [6, 6.07) is 5.20. The van der Waals surface area contributed by atoms with Crippen LogP contribution in [0.15, 0.2) is 24.5 Å². The van der Waals surface area contributed by atoms with Crippen LogP contribution in [0.2, 0.25) is 0 Å². The van der Waals surface area contributed by atoms with Crippen LogP contribution in [0.1, 0.15) is 56.1 Å². The van der Waals surface area contributed by atoms with Gasteiger partial charge in [-0.1, -0.05) is 0 Å². The van der Waals surface area contributed by atoms with E-state index in [1.54, 1.807) is 12.4 Å². The number of rotatable bonds is 6. The van der Waals surface area contributed by atoms with Crippen molar-refractivity contribution in [3.8, 4) is 0 Å². The van der Waals surface area contributed by atoms with Crippen molar-refractivity contribution in [1.82, 2.24) is 20.1 Å². The number of amides is 1. The van der Waals surface area contributed by atoms with Crippen LogP contribution < -0.4 is 5.32 Å². The van der Waals surface area contributed by atoms with Crippen molar-refractivity contribution in [2.24, 2.45) is 0 Å². The fourth-order valence-corrected chi connectivity index (χ4v) is 3.61. The van der Waals surface area contributed by atoms with Gasteiger partial charge >= 0.3 is 0 Å². The molecule has 6 heteroatoms. The maximum absolute atomic E-state index is 12.1. The van der Waals surface area contributed by atoms with Gasteiger partial charge in [-0.15, -0.1) is 0 Å². The molecule has 0 radical (unpaired) electrons. The summed E-state index contributed by atoms with van der Waals surface area (Å²) < 4.78 is 0. The number of carbonyl (C=O) groups excluding carboxylic acids is 1. The van der Waals surface area contributed by atoms with Crippen molar-refractivity contribution in [1.29, 1.82) is 0 Å². The molecule has 0 aromatic carbocycles. The minimum atomic E-state index is 0.00193. The quantitative estimate of drug-likeness (QED) is 0.846. The van der Waals surface area contributed by atoms with E-state index in [1.165, 1.54) is 12.0 Å². The van der Waals surface area contributed by atoms with Gasteiger partial charge in [0, 0.05) is 24.4 Å². The lowest BCUT2D eigenvalue weighted by Gasteiger charge is -2.28. The molecule has 1 aliphatic heterocycles. The molecular weight excluding hydrogens is 314 g/mol. The molecular formula is C19H27N5O. The Morgan fingerprint density at radius 3 is 3.00 bits per heavy atom. The van der Waals surface area contributed by atoms with Gasteiger partial charge in [0.1, 0.15) is 0 Å². The van der Waals surface area contributed by atoms with E-state index in [-0.39, 0.29) is 5.91 Å². The highest BCUT2D eigenvalue weighted by molar-refractivity contribution is 5.90. The molecule has 25 heavy (non-hydrogen) atoms. The van der Waals surface area contributed by atoms with E-state index in [0.29, 0.717) is 30.6 Å². The first-order chi connectivity index (χ1) is 12.0. The number of aryl methyl sites for hydroxylation is 2. The molecule has 1 unspecified atom stereocenters. The summed E-state index contributed by atoms with van der Waals surface area (Å²) in [6.45, 7) is 7.66. The van der Waals surface area contributed by atoms with Gasteiger partial charge in [0.15, 0.2) is 0 Å². The third-order valence-corrected chi connectivity index (χ3v) is 4.75. The van der Waals surface area contributed by atoms with Crippen molar-refractivity contribution >= 4 is 11.6 Å². The first-order valence-corrected chi connectivity index (χ1v) is 9.05. The molecule has 2 N–H and O–H groups in total. The molecule has 0 bridgehead atoms. The van der Waals surface area contributed by atoms with Crippen molar-refractivity contribution in [3.05, 3.63) is 41.5 Å². The molecule has 134 valence electrons. The van der Waals surface area contributed by atoms with Crippen LogP contribution in [0.4, 0.5) is 5.69 Å². The summed E-state index contributed by atoms with van der Waals surface area (Å²) in [5, 5.41) is 9.36. The number of anilines is 1. The number of pyridine rings is 1. The maximum atomic E-state index is 12.1.